The molecule has 4 nitrogen and oxygen atoms in total. The van der Waals surface area contributed by atoms with E-state index in [1.807, 2.05) is 48.5 Å². The van der Waals surface area contributed by atoms with Gasteiger partial charge in [0.2, 0.25) is 0 Å². The van der Waals surface area contributed by atoms with Gasteiger partial charge in [-0.3, -0.25) is 4.79 Å². The summed E-state index contributed by atoms with van der Waals surface area (Å²) >= 11 is 0. The molecule has 0 atom stereocenters. The molecule has 1 aromatic heterocycles. The van der Waals surface area contributed by atoms with E-state index in [1.165, 1.54) is 0 Å². The van der Waals surface area contributed by atoms with E-state index < -0.39 is 0 Å². The van der Waals surface area contributed by atoms with Crippen molar-refractivity contribution in [3.8, 4) is 17.6 Å². The number of aromatic amines is 1. The lowest BCUT2D eigenvalue weighted by Crippen LogP contribution is -2.23. The fraction of sp³-hybridized carbons (Fsp3) is 0.105. The zero-order valence-electron chi connectivity index (χ0n) is 12.7. The highest BCUT2D eigenvalue weighted by Crippen LogP contribution is 2.17. The zero-order chi connectivity index (χ0) is 16.1. The van der Waals surface area contributed by atoms with Crippen molar-refractivity contribution in [2.24, 2.45) is 0 Å². The summed E-state index contributed by atoms with van der Waals surface area (Å²) in [6, 6.07) is 15.2. The van der Waals surface area contributed by atoms with Crippen molar-refractivity contribution in [2.75, 3.05) is 13.7 Å². The van der Waals surface area contributed by atoms with Gasteiger partial charge in [0.1, 0.15) is 5.75 Å². The highest BCUT2D eigenvalue weighted by Gasteiger charge is 2.10. The van der Waals surface area contributed by atoms with Crippen LogP contribution in [0, 0.1) is 11.8 Å². The van der Waals surface area contributed by atoms with E-state index in [2.05, 4.69) is 22.1 Å². The molecule has 0 aliphatic rings. The number of carbonyl (C=O) groups is 1. The standard InChI is InChI=1S/C19H16N2O2/c1-23-15-10-8-14(9-11-15)5-4-12-20-19(22)17-13-21-18-7-3-2-6-16(17)18/h2-3,6-11,13,21H,12H2,1H3,(H,20,22). The quantitative estimate of drug-likeness (QED) is 0.731. The Hall–Kier alpha value is -3.19. The van der Waals surface area contributed by atoms with Crippen LogP contribution < -0.4 is 10.1 Å². The fourth-order valence-corrected chi connectivity index (χ4v) is 2.30. The molecule has 2 N–H and O–H groups in total. The second-order valence-corrected chi connectivity index (χ2v) is 4.96. The highest BCUT2D eigenvalue weighted by molar-refractivity contribution is 6.06. The summed E-state index contributed by atoms with van der Waals surface area (Å²) in [6.07, 6.45) is 1.72. The molecule has 0 saturated carbocycles. The summed E-state index contributed by atoms with van der Waals surface area (Å²) < 4.78 is 5.09. The van der Waals surface area contributed by atoms with Gasteiger partial charge in [0.05, 0.1) is 19.2 Å². The summed E-state index contributed by atoms with van der Waals surface area (Å²) in [6.45, 7) is 0.296. The third-order valence-electron chi connectivity index (χ3n) is 3.49. The van der Waals surface area contributed by atoms with Crippen LogP contribution in [-0.2, 0) is 0 Å². The summed E-state index contributed by atoms with van der Waals surface area (Å²) in [4.78, 5) is 15.3. The Labute approximate surface area is 134 Å². The number of hydrogen-bond acceptors (Lipinski definition) is 2. The topological polar surface area (TPSA) is 54.1 Å². The van der Waals surface area contributed by atoms with Crippen LogP contribution in [0.4, 0.5) is 0 Å². The predicted molar refractivity (Wildman–Crippen MR) is 90.5 cm³/mol. The van der Waals surface area contributed by atoms with E-state index in [1.54, 1.807) is 13.3 Å². The van der Waals surface area contributed by atoms with Crippen LogP contribution in [0.15, 0.2) is 54.7 Å². The maximum Gasteiger partial charge on any atom is 0.254 e. The smallest absolute Gasteiger partial charge is 0.254 e. The number of ether oxygens (including phenoxy) is 1. The molecular formula is C19H16N2O2. The molecule has 3 aromatic rings. The normalized spacial score (nSPS) is 9.96. The third kappa shape index (κ3) is 3.35. The Morgan fingerprint density at radius 2 is 1.96 bits per heavy atom. The molecule has 0 saturated heterocycles. The number of rotatable bonds is 3. The largest absolute Gasteiger partial charge is 0.497 e. The molecule has 114 valence electrons. The van der Waals surface area contributed by atoms with Gasteiger partial charge in [-0.1, -0.05) is 30.0 Å². The monoisotopic (exact) mass is 304 g/mol. The molecule has 1 heterocycles. The first-order valence-corrected chi connectivity index (χ1v) is 7.25. The van der Waals surface area contributed by atoms with Gasteiger partial charge in [0.25, 0.3) is 5.91 Å². The Morgan fingerprint density at radius 1 is 1.17 bits per heavy atom. The minimum atomic E-state index is -0.133. The third-order valence-corrected chi connectivity index (χ3v) is 3.49. The molecular weight excluding hydrogens is 288 g/mol. The van der Waals surface area contributed by atoms with Crippen molar-refractivity contribution in [3.63, 3.8) is 0 Å². The first kappa shape index (κ1) is 14.7. The van der Waals surface area contributed by atoms with Crippen LogP contribution in [0.25, 0.3) is 10.9 Å². The van der Waals surface area contributed by atoms with Gasteiger partial charge in [-0.15, -0.1) is 0 Å². The highest BCUT2D eigenvalue weighted by atomic mass is 16.5. The van der Waals surface area contributed by atoms with E-state index in [0.717, 1.165) is 22.2 Å². The summed E-state index contributed by atoms with van der Waals surface area (Å²) in [5, 5.41) is 3.72. The molecule has 0 aliphatic heterocycles. The number of carbonyl (C=O) groups excluding carboxylic acids is 1. The van der Waals surface area contributed by atoms with E-state index in [4.69, 9.17) is 4.74 Å². The second-order valence-electron chi connectivity index (χ2n) is 4.96. The number of amides is 1. The average Bonchev–Trinajstić information content (AvgIpc) is 3.03. The molecule has 0 fully saturated rings. The maximum atomic E-state index is 12.2. The van der Waals surface area contributed by atoms with Crippen molar-refractivity contribution < 1.29 is 9.53 Å². The summed E-state index contributed by atoms with van der Waals surface area (Å²) in [5.74, 6) is 6.61. The van der Waals surface area contributed by atoms with E-state index in [9.17, 15) is 4.79 Å². The Kier molecular flexibility index (Phi) is 4.30. The van der Waals surface area contributed by atoms with Crippen molar-refractivity contribution in [1.29, 1.82) is 0 Å². The van der Waals surface area contributed by atoms with Gasteiger partial charge >= 0.3 is 0 Å². The molecule has 0 radical (unpaired) electrons. The van der Waals surface area contributed by atoms with Crippen molar-refractivity contribution >= 4 is 16.8 Å². The Balaban J connectivity index is 1.62. The van der Waals surface area contributed by atoms with Crippen molar-refractivity contribution in [2.45, 2.75) is 0 Å². The zero-order valence-corrected chi connectivity index (χ0v) is 12.7. The minimum Gasteiger partial charge on any atom is -0.497 e. The SMILES string of the molecule is COc1ccc(C#CCNC(=O)c2c[nH]c3ccccc23)cc1. The first-order valence-electron chi connectivity index (χ1n) is 7.25. The average molecular weight is 304 g/mol. The lowest BCUT2D eigenvalue weighted by molar-refractivity contribution is 0.0960. The second kappa shape index (κ2) is 6.71. The van der Waals surface area contributed by atoms with E-state index >= 15 is 0 Å². The van der Waals surface area contributed by atoms with E-state index in [0.29, 0.717) is 12.1 Å². The van der Waals surface area contributed by atoms with Crippen molar-refractivity contribution in [1.82, 2.24) is 10.3 Å². The molecule has 0 unspecified atom stereocenters. The van der Waals surface area contributed by atoms with Gasteiger partial charge in [-0.05, 0) is 30.3 Å². The number of fused-ring (bicyclic) bond motifs is 1. The Morgan fingerprint density at radius 3 is 2.74 bits per heavy atom. The van der Waals surface area contributed by atoms with Crippen LogP contribution in [0.1, 0.15) is 15.9 Å². The number of hydrogen-bond donors (Lipinski definition) is 2. The predicted octanol–water partition coefficient (Wildman–Crippen LogP) is 2.96. The molecule has 0 bridgehead atoms. The van der Waals surface area contributed by atoms with Crippen LogP contribution in [0.2, 0.25) is 0 Å². The van der Waals surface area contributed by atoms with Gasteiger partial charge < -0.3 is 15.0 Å². The van der Waals surface area contributed by atoms with Crippen LogP contribution in [0.5, 0.6) is 5.75 Å². The Bertz CT molecular complexity index is 883. The van der Waals surface area contributed by atoms with E-state index in [-0.39, 0.29) is 5.91 Å². The molecule has 1 amide bonds. The minimum absolute atomic E-state index is 0.133. The van der Waals surface area contributed by atoms with Gasteiger partial charge in [0, 0.05) is 22.7 Å². The maximum absolute atomic E-state index is 12.2. The van der Waals surface area contributed by atoms with Crippen LogP contribution in [0.3, 0.4) is 0 Å². The lowest BCUT2D eigenvalue weighted by Gasteiger charge is -1.99. The number of methoxy groups -OCH3 is 1. The summed E-state index contributed by atoms with van der Waals surface area (Å²) in [7, 11) is 1.63. The number of benzene rings is 2. The van der Waals surface area contributed by atoms with Gasteiger partial charge in [0.15, 0.2) is 0 Å². The first-order chi connectivity index (χ1) is 11.3. The molecule has 23 heavy (non-hydrogen) atoms. The number of aromatic nitrogens is 1. The van der Waals surface area contributed by atoms with Crippen LogP contribution >= 0.6 is 0 Å². The molecule has 3 rings (SSSR count). The van der Waals surface area contributed by atoms with Crippen molar-refractivity contribution in [3.05, 3.63) is 65.9 Å². The number of para-hydroxylation sites is 1. The number of nitrogens with one attached hydrogen (secondary N) is 2. The lowest BCUT2D eigenvalue weighted by atomic mass is 10.1. The number of H-pyrrole nitrogens is 1. The molecule has 0 aliphatic carbocycles. The molecule has 2 aromatic carbocycles. The molecule has 4 heteroatoms. The summed E-state index contributed by atoms with van der Waals surface area (Å²) in [5.41, 5.74) is 2.46. The molecule has 0 spiro atoms. The van der Waals surface area contributed by atoms with Gasteiger partial charge in [-0.25, -0.2) is 0 Å². The van der Waals surface area contributed by atoms with Gasteiger partial charge in [-0.2, -0.15) is 0 Å². The van der Waals surface area contributed by atoms with Crippen LogP contribution in [-0.4, -0.2) is 24.5 Å². The fourth-order valence-electron chi connectivity index (χ4n) is 2.30.